The van der Waals surface area contributed by atoms with Crippen molar-refractivity contribution in [3.05, 3.63) is 47.8 Å². The lowest BCUT2D eigenvalue weighted by Crippen LogP contribution is -2.04. The van der Waals surface area contributed by atoms with Crippen LogP contribution in [-0.4, -0.2) is 15.6 Å². The molecule has 0 aliphatic carbocycles. The van der Waals surface area contributed by atoms with Crippen LogP contribution in [-0.2, 0) is 5.75 Å². The maximum atomic E-state index is 11.4. The summed E-state index contributed by atoms with van der Waals surface area (Å²) in [5.74, 6) is 0.929. The predicted molar refractivity (Wildman–Crippen MR) is 83.2 cm³/mol. The normalized spacial score (nSPS) is 12.3. The molecule has 0 spiro atoms. The summed E-state index contributed by atoms with van der Waals surface area (Å²) >= 11 is 1.71. The van der Waals surface area contributed by atoms with E-state index in [2.05, 4.69) is 25.0 Å². The average molecular weight is 288 g/mol. The van der Waals surface area contributed by atoms with Crippen LogP contribution in [0.5, 0.6) is 0 Å². The zero-order valence-electron chi connectivity index (χ0n) is 12.2. The summed E-state index contributed by atoms with van der Waals surface area (Å²) in [5.41, 5.74) is 1.84. The lowest BCUT2D eigenvalue weighted by atomic mass is 10.2. The van der Waals surface area contributed by atoms with Gasteiger partial charge in [-0.1, -0.05) is 19.1 Å². The molecule has 0 radical (unpaired) electrons. The number of Topliss-reactive ketones (excluding diaryl/α,β-unsaturated/α-hetero) is 1. The molecule has 1 heterocycles. The monoisotopic (exact) mass is 288 g/mol. The van der Waals surface area contributed by atoms with Crippen LogP contribution in [0, 0.1) is 0 Å². The first kappa shape index (κ1) is 14.9. The maximum Gasteiger partial charge on any atom is 0.159 e. The van der Waals surface area contributed by atoms with Gasteiger partial charge in [0.15, 0.2) is 5.78 Å². The van der Waals surface area contributed by atoms with Crippen molar-refractivity contribution in [1.82, 2.24) is 9.78 Å². The highest BCUT2D eigenvalue weighted by molar-refractivity contribution is 7.98. The van der Waals surface area contributed by atoms with E-state index in [4.69, 9.17) is 0 Å². The molecule has 1 aromatic heterocycles. The minimum Gasteiger partial charge on any atom is -0.295 e. The highest BCUT2D eigenvalue weighted by Gasteiger charge is 2.06. The van der Waals surface area contributed by atoms with Gasteiger partial charge in [-0.15, -0.1) is 11.8 Å². The number of benzene rings is 1. The molecule has 0 amide bonds. The molecule has 0 fully saturated rings. The van der Waals surface area contributed by atoms with E-state index < -0.39 is 0 Å². The highest BCUT2D eigenvalue weighted by Crippen LogP contribution is 2.23. The van der Waals surface area contributed by atoms with Crippen molar-refractivity contribution >= 4 is 17.5 Å². The fourth-order valence-corrected chi connectivity index (χ4v) is 2.70. The maximum absolute atomic E-state index is 11.4. The van der Waals surface area contributed by atoms with Gasteiger partial charge in [0.05, 0.1) is 5.69 Å². The van der Waals surface area contributed by atoms with Crippen molar-refractivity contribution in [2.45, 2.75) is 43.9 Å². The number of aromatic nitrogens is 2. The van der Waals surface area contributed by atoms with Crippen LogP contribution < -0.4 is 0 Å². The van der Waals surface area contributed by atoms with E-state index in [0.29, 0.717) is 6.04 Å². The summed E-state index contributed by atoms with van der Waals surface area (Å²) in [6.07, 6.45) is 3.12. The summed E-state index contributed by atoms with van der Waals surface area (Å²) in [6, 6.07) is 10.3. The molecule has 0 aliphatic rings. The first-order valence-electron chi connectivity index (χ1n) is 6.88. The zero-order chi connectivity index (χ0) is 14.5. The van der Waals surface area contributed by atoms with E-state index in [1.54, 1.807) is 18.7 Å². The van der Waals surface area contributed by atoms with Crippen molar-refractivity contribution in [2.24, 2.45) is 0 Å². The minimum atomic E-state index is 0.105. The third-order valence-corrected chi connectivity index (χ3v) is 4.36. The Kier molecular flexibility index (Phi) is 5.01. The second-order valence-corrected chi connectivity index (χ2v) is 5.97. The number of nitrogens with zero attached hydrogens (tertiary/aromatic N) is 2. The number of carbonyl (C=O) groups excluding carboxylic acids is 1. The van der Waals surface area contributed by atoms with Crippen LogP contribution >= 0.6 is 11.8 Å². The molecule has 0 bridgehead atoms. The fraction of sp³-hybridized carbons (Fsp3) is 0.375. The molecule has 106 valence electrons. The van der Waals surface area contributed by atoms with Crippen LogP contribution in [0.15, 0.2) is 41.4 Å². The second-order valence-electron chi connectivity index (χ2n) is 4.92. The van der Waals surface area contributed by atoms with Crippen molar-refractivity contribution < 1.29 is 4.79 Å². The third-order valence-electron chi connectivity index (χ3n) is 3.33. The summed E-state index contributed by atoms with van der Waals surface area (Å²) in [4.78, 5) is 12.5. The molecule has 0 aliphatic heterocycles. The first-order chi connectivity index (χ1) is 9.60. The average Bonchev–Trinajstić information content (AvgIpc) is 2.93. The van der Waals surface area contributed by atoms with E-state index in [9.17, 15) is 4.79 Å². The molecule has 3 nitrogen and oxygen atoms in total. The van der Waals surface area contributed by atoms with E-state index in [1.165, 1.54) is 0 Å². The Morgan fingerprint density at radius 2 is 2.20 bits per heavy atom. The van der Waals surface area contributed by atoms with Gasteiger partial charge in [0.1, 0.15) is 0 Å². The van der Waals surface area contributed by atoms with Gasteiger partial charge in [-0.3, -0.25) is 9.48 Å². The van der Waals surface area contributed by atoms with Gasteiger partial charge in [-0.2, -0.15) is 5.10 Å². The molecule has 0 saturated carbocycles. The summed E-state index contributed by atoms with van der Waals surface area (Å²) in [5, 5.41) is 4.58. The molecule has 0 N–H and O–H groups in total. The van der Waals surface area contributed by atoms with Gasteiger partial charge >= 0.3 is 0 Å². The Labute approximate surface area is 124 Å². The largest absolute Gasteiger partial charge is 0.295 e. The van der Waals surface area contributed by atoms with Gasteiger partial charge in [0, 0.05) is 28.5 Å². The predicted octanol–water partition coefficient (Wildman–Crippen LogP) is 4.35. The number of hydrogen-bond donors (Lipinski definition) is 0. The molecule has 2 aromatic rings. The van der Waals surface area contributed by atoms with Gasteiger partial charge in [-0.25, -0.2) is 0 Å². The molecule has 20 heavy (non-hydrogen) atoms. The summed E-state index contributed by atoms with van der Waals surface area (Å²) in [6.45, 7) is 5.92. The molecular formula is C16H20N2OS. The van der Waals surface area contributed by atoms with E-state index in [-0.39, 0.29) is 5.78 Å². The van der Waals surface area contributed by atoms with Gasteiger partial charge < -0.3 is 0 Å². The molecule has 1 atom stereocenters. The van der Waals surface area contributed by atoms with Crippen LogP contribution in [0.1, 0.15) is 49.3 Å². The Morgan fingerprint density at radius 1 is 1.40 bits per heavy atom. The van der Waals surface area contributed by atoms with E-state index in [1.807, 2.05) is 35.1 Å². The van der Waals surface area contributed by atoms with Gasteiger partial charge in [0.25, 0.3) is 0 Å². The molecular weight excluding hydrogens is 268 g/mol. The Hall–Kier alpha value is -1.55. The Bertz CT molecular complexity index is 592. The number of rotatable bonds is 6. The number of thioether (sulfide) groups is 1. The van der Waals surface area contributed by atoms with Crippen molar-refractivity contribution in [3.8, 4) is 0 Å². The number of ketones is 1. The molecule has 1 aromatic carbocycles. The highest BCUT2D eigenvalue weighted by atomic mass is 32.2. The smallest absolute Gasteiger partial charge is 0.159 e. The topological polar surface area (TPSA) is 34.9 Å². The summed E-state index contributed by atoms with van der Waals surface area (Å²) in [7, 11) is 0. The molecule has 2 rings (SSSR count). The van der Waals surface area contributed by atoms with Crippen LogP contribution in [0.4, 0.5) is 0 Å². The lowest BCUT2D eigenvalue weighted by molar-refractivity contribution is 0.101. The Balaban J connectivity index is 2.00. The van der Waals surface area contributed by atoms with Crippen LogP contribution in [0.2, 0.25) is 0 Å². The molecule has 4 heteroatoms. The SMILES string of the molecule is CCC(C)n1ccc(CSc2cccc(C(C)=O)c2)n1. The summed E-state index contributed by atoms with van der Waals surface area (Å²) < 4.78 is 2.02. The second kappa shape index (κ2) is 6.75. The third kappa shape index (κ3) is 3.73. The van der Waals surface area contributed by atoms with E-state index >= 15 is 0 Å². The first-order valence-corrected chi connectivity index (χ1v) is 7.86. The van der Waals surface area contributed by atoms with E-state index in [0.717, 1.165) is 28.3 Å². The molecule has 0 saturated heterocycles. The number of hydrogen-bond acceptors (Lipinski definition) is 3. The van der Waals surface area contributed by atoms with Gasteiger partial charge in [-0.05, 0) is 38.5 Å². The fourth-order valence-electron chi connectivity index (χ4n) is 1.85. The quantitative estimate of drug-likeness (QED) is 0.585. The van der Waals surface area contributed by atoms with Crippen LogP contribution in [0.3, 0.4) is 0 Å². The van der Waals surface area contributed by atoms with Crippen LogP contribution in [0.25, 0.3) is 0 Å². The van der Waals surface area contributed by atoms with Gasteiger partial charge in [0.2, 0.25) is 0 Å². The van der Waals surface area contributed by atoms with Crippen molar-refractivity contribution in [3.63, 3.8) is 0 Å². The number of carbonyl (C=O) groups is 1. The minimum absolute atomic E-state index is 0.105. The van der Waals surface area contributed by atoms with Crippen molar-refractivity contribution in [2.75, 3.05) is 0 Å². The van der Waals surface area contributed by atoms with Crippen molar-refractivity contribution in [1.29, 1.82) is 0 Å². The standard InChI is InChI=1S/C16H20N2OS/c1-4-12(2)18-9-8-15(17-18)11-20-16-7-5-6-14(10-16)13(3)19/h5-10,12H,4,11H2,1-3H3. The Morgan fingerprint density at radius 3 is 2.90 bits per heavy atom. The lowest BCUT2D eigenvalue weighted by Gasteiger charge is -2.08. The zero-order valence-corrected chi connectivity index (χ0v) is 13.0. The molecule has 1 unspecified atom stereocenters.